The molecule has 28 heavy (non-hydrogen) atoms. The molecule has 4 nitrogen and oxygen atoms in total. The van der Waals surface area contributed by atoms with E-state index >= 15 is 0 Å². The molecule has 2 aliphatic heterocycles. The minimum atomic E-state index is -0.943. The number of ether oxygens (including phenoxy) is 1. The number of aliphatic hydroxyl groups is 1. The molecule has 0 radical (unpaired) electrons. The maximum atomic E-state index is 13.7. The molecule has 2 N–H and O–H groups in total. The Kier molecular flexibility index (Phi) is 5.39. The van der Waals surface area contributed by atoms with E-state index < -0.39 is 23.0 Å². The summed E-state index contributed by atoms with van der Waals surface area (Å²) in [7, 11) is 0. The summed E-state index contributed by atoms with van der Waals surface area (Å²) in [6.45, 7) is 3.47. The molecule has 1 aromatic carbocycles. The summed E-state index contributed by atoms with van der Waals surface area (Å²) < 4.78 is 34.1. The summed E-state index contributed by atoms with van der Waals surface area (Å²) in [4.78, 5) is 3.19. The van der Waals surface area contributed by atoms with Crippen molar-refractivity contribution in [1.82, 2.24) is 4.90 Å². The first-order valence-corrected chi connectivity index (χ1v) is 10.5. The van der Waals surface area contributed by atoms with Crippen LogP contribution in [0.15, 0.2) is 12.1 Å². The second-order valence-electron chi connectivity index (χ2n) is 7.58. The number of rotatable bonds is 3. The maximum Gasteiger partial charge on any atom is 0.168 e. The Hall–Kier alpha value is -1.25. The average molecular weight is 430 g/mol. The number of thiophene rings is 1. The van der Waals surface area contributed by atoms with Crippen LogP contribution in [0.5, 0.6) is 5.75 Å². The van der Waals surface area contributed by atoms with E-state index in [1.807, 2.05) is 6.92 Å². The quantitative estimate of drug-likeness (QED) is 0.762. The van der Waals surface area contributed by atoms with E-state index in [9.17, 15) is 19.0 Å². The molecule has 2 aliphatic rings. The molecule has 0 unspecified atom stereocenters. The van der Waals surface area contributed by atoms with Gasteiger partial charge in [0.2, 0.25) is 0 Å². The molecule has 1 aromatic heterocycles. The Morgan fingerprint density at radius 1 is 1.39 bits per heavy atom. The van der Waals surface area contributed by atoms with Crippen LogP contribution in [0.2, 0.25) is 4.34 Å². The minimum absolute atomic E-state index is 0.0730. The third-order valence-electron chi connectivity index (χ3n) is 5.90. The lowest BCUT2D eigenvalue weighted by Crippen LogP contribution is -2.50. The van der Waals surface area contributed by atoms with E-state index in [4.69, 9.17) is 16.3 Å². The van der Waals surface area contributed by atoms with Crippen LogP contribution >= 0.6 is 22.9 Å². The van der Waals surface area contributed by atoms with Crippen molar-refractivity contribution >= 4 is 22.9 Å². The number of nitrogens with zero attached hydrogens (tertiary/aromatic N) is 1. The molecule has 8 heteroatoms. The van der Waals surface area contributed by atoms with E-state index in [2.05, 4.69) is 4.90 Å². The highest BCUT2D eigenvalue weighted by molar-refractivity contribution is 7.16. The number of phenols is 1. The van der Waals surface area contributed by atoms with Crippen molar-refractivity contribution < 1.29 is 23.7 Å². The van der Waals surface area contributed by atoms with Crippen molar-refractivity contribution in [2.24, 2.45) is 0 Å². The number of piperidine rings is 1. The molecule has 1 fully saturated rings. The summed E-state index contributed by atoms with van der Waals surface area (Å²) in [5.41, 5.74) is 1.71. The summed E-state index contributed by atoms with van der Waals surface area (Å²) >= 11 is 7.83. The van der Waals surface area contributed by atoms with Gasteiger partial charge in [-0.2, -0.15) is 0 Å². The Morgan fingerprint density at radius 2 is 2.18 bits per heavy atom. The van der Waals surface area contributed by atoms with Gasteiger partial charge in [-0.25, -0.2) is 8.78 Å². The van der Waals surface area contributed by atoms with Crippen LogP contribution in [-0.4, -0.2) is 34.3 Å². The number of halogens is 3. The second-order valence-corrected chi connectivity index (χ2v) is 9.20. The zero-order valence-corrected chi connectivity index (χ0v) is 17.0. The predicted molar refractivity (Wildman–Crippen MR) is 104 cm³/mol. The molecule has 1 spiro atoms. The summed E-state index contributed by atoms with van der Waals surface area (Å²) in [5, 5.41) is 19.6. The van der Waals surface area contributed by atoms with Crippen molar-refractivity contribution in [1.29, 1.82) is 0 Å². The van der Waals surface area contributed by atoms with Crippen molar-refractivity contribution in [2.45, 2.75) is 51.0 Å². The van der Waals surface area contributed by atoms with Gasteiger partial charge in [0.05, 0.1) is 17.6 Å². The second kappa shape index (κ2) is 7.54. The largest absolute Gasteiger partial charge is 0.505 e. The number of phenolic OH excluding ortho intramolecular Hbond substituents is 1. The van der Waals surface area contributed by atoms with E-state index in [1.165, 1.54) is 17.4 Å². The first kappa shape index (κ1) is 20.0. The topological polar surface area (TPSA) is 52.9 Å². The van der Waals surface area contributed by atoms with Crippen molar-refractivity contribution in [3.05, 3.63) is 49.7 Å². The van der Waals surface area contributed by atoms with Crippen LogP contribution in [0.1, 0.15) is 41.3 Å². The van der Waals surface area contributed by atoms with Gasteiger partial charge in [-0.1, -0.05) is 11.6 Å². The SMILES string of the molecule is C[C@H]1C[C@@]2(CCN1Cc1cc(F)cc(F)c1O)OCCc1c2sc(Cl)c1CO. The molecule has 1 saturated heterocycles. The molecule has 0 saturated carbocycles. The molecule has 2 aromatic rings. The highest BCUT2D eigenvalue weighted by Crippen LogP contribution is 2.50. The third-order valence-corrected chi connectivity index (χ3v) is 7.61. The molecule has 0 bridgehead atoms. The third kappa shape index (κ3) is 3.33. The minimum Gasteiger partial charge on any atom is -0.505 e. The van der Waals surface area contributed by atoms with Gasteiger partial charge in [-0.3, -0.25) is 4.90 Å². The van der Waals surface area contributed by atoms with Crippen LogP contribution in [0.4, 0.5) is 8.78 Å². The summed E-state index contributed by atoms with van der Waals surface area (Å²) in [6, 6.07) is 1.94. The van der Waals surface area contributed by atoms with E-state index in [1.54, 1.807) is 0 Å². The van der Waals surface area contributed by atoms with Crippen LogP contribution in [0, 0.1) is 11.6 Å². The van der Waals surface area contributed by atoms with Gasteiger partial charge in [-0.15, -0.1) is 11.3 Å². The van der Waals surface area contributed by atoms with Gasteiger partial charge in [0, 0.05) is 41.2 Å². The highest BCUT2D eigenvalue weighted by atomic mass is 35.5. The van der Waals surface area contributed by atoms with E-state index in [0.29, 0.717) is 36.4 Å². The van der Waals surface area contributed by atoms with Gasteiger partial charge >= 0.3 is 0 Å². The summed E-state index contributed by atoms with van der Waals surface area (Å²) in [6.07, 6.45) is 2.16. The number of fused-ring (bicyclic) bond motifs is 2. The van der Waals surface area contributed by atoms with Crippen molar-refractivity contribution in [3.63, 3.8) is 0 Å². The van der Waals surface area contributed by atoms with Crippen LogP contribution in [-0.2, 0) is 29.9 Å². The zero-order chi connectivity index (χ0) is 20.1. The van der Waals surface area contributed by atoms with Crippen LogP contribution < -0.4 is 0 Å². The maximum absolute atomic E-state index is 13.7. The standard InChI is InChI=1S/C20H22ClF2NO3S/c1-11-8-20(18-14(2-5-27-20)15(10-25)19(21)28-18)3-4-24(11)9-12-6-13(22)7-16(23)17(12)26/h6-7,11,25-26H,2-5,8-10H2,1H3/t11-,20+/m0/s1. The first-order valence-electron chi connectivity index (χ1n) is 9.31. The summed E-state index contributed by atoms with van der Waals surface area (Å²) in [5.74, 6) is -2.14. The number of aromatic hydroxyl groups is 1. The monoisotopic (exact) mass is 429 g/mol. The average Bonchev–Trinajstić information content (AvgIpc) is 2.98. The zero-order valence-electron chi connectivity index (χ0n) is 15.5. The van der Waals surface area contributed by atoms with E-state index in [0.717, 1.165) is 22.4 Å². The number of likely N-dealkylation sites (tertiary alicyclic amines) is 1. The molecule has 0 amide bonds. The molecule has 0 aliphatic carbocycles. The molecule has 152 valence electrons. The van der Waals surface area contributed by atoms with Crippen LogP contribution in [0.25, 0.3) is 0 Å². The van der Waals surface area contributed by atoms with Gasteiger partial charge in [0.25, 0.3) is 0 Å². The lowest BCUT2D eigenvalue weighted by atomic mass is 9.81. The first-order chi connectivity index (χ1) is 13.3. The molecule has 3 heterocycles. The molecular weight excluding hydrogens is 408 g/mol. The molecule has 4 rings (SSSR count). The Balaban J connectivity index is 1.57. The fourth-order valence-electron chi connectivity index (χ4n) is 4.46. The van der Waals surface area contributed by atoms with Crippen molar-refractivity contribution in [2.75, 3.05) is 13.2 Å². The lowest BCUT2D eigenvalue weighted by Gasteiger charge is -2.47. The van der Waals surface area contributed by atoms with Gasteiger partial charge in [0.1, 0.15) is 11.4 Å². The smallest absolute Gasteiger partial charge is 0.168 e. The lowest BCUT2D eigenvalue weighted by molar-refractivity contribution is -0.110. The van der Waals surface area contributed by atoms with Crippen LogP contribution in [0.3, 0.4) is 0 Å². The number of benzene rings is 1. The fraction of sp³-hybridized carbons (Fsp3) is 0.500. The Bertz CT molecular complexity index is 906. The van der Waals surface area contributed by atoms with Crippen molar-refractivity contribution in [3.8, 4) is 5.75 Å². The fourth-order valence-corrected chi connectivity index (χ4v) is 6.13. The number of hydrogen-bond acceptors (Lipinski definition) is 5. The number of hydrogen-bond donors (Lipinski definition) is 2. The predicted octanol–water partition coefficient (Wildman–Crippen LogP) is 4.33. The highest BCUT2D eigenvalue weighted by Gasteiger charge is 2.45. The molecule has 2 atom stereocenters. The van der Waals surface area contributed by atoms with Gasteiger partial charge < -0.3 is 14.9 Å². The number of aliphatic hydroxyl groups excluding tert-OH is 1. The molecular formula is C20H22ClF2NO3S. The normalized spacial score (nSPS) is 25.2. The Morgan fingerprint density at radius 3 is 2.89 bits per heavy atom. The van der Waals surface area contributed by atoms with E-state index in [-0.39, 0.29) is 24.8 Å². The van der Waals surface area contributed by atoms with Gasteiger partial charge in [0.15, 0.2) is 11.6 Å². The Labute approximate surface area is 171 Å². The van der Waals surface area contributed by atoms with Gasteiger partial charge in [-0.05, 0) is 37.8 Å².